The first-order valence-corrected chi connectivity index (χ1v) is 6.90. The van der Waals surface area contributed by atoms with Gasteiger partial charge in [-0.25, -0.2) is 0 Å². The largest absolute Gasteiger partial charge is 0.491 e. The van der Waals surface area contributed by atoms with Crippen LogP contribution >= 0.6 is 0 Å². The van der Waals surface area contributed by atoms with Crippen LogP contribution < -0.4 is 16.0 Å². The van der Waals surface area contributed by atoms with Crippen molar-refractivity contribution in [2.45, 2.75) is 32.7 Å². The van der Waals surface area contributed by atoms with Crippen LogP contribution in [0.5, 0.6) is 5.75 Å². The molecule has 118 valence electrons. The molecule has 0 aliphatic heterocycles. The molecular weight excluding hydrogens is 284 g/mol. The maximum absolute atomic E-state index is 12.2. The molecule has 0 saturated carbocycles. The molecule has 0 unspecified atom stereocenters. The number of carbonyl (C=O) groups is 1. The van der Waals surface area contributed by atoms with E-state index in [0.29, 0.717) is 5.76 Å². The fourth-order valence-corrected chi connectivity index (χ4v) is 2.28. The zero-order valence-electron chi connectivity index (χ0n) is 13.2. The van der Waals surface area contributed by atoms with Crippen molar-refractivity contribution in [3.05, 3.63) is 51.8 Å². The summed E-state index contributed by atoms with van der Waals surface area (Å²) in [5.41, 5.74) is 5.48. The van der Waals surface area contributed by atoms with Gasteiger partial charge in [-0.1, -0.05) is 20.8 Å². The van der Waals surface area contributed by atoms with Crippen molar-refractivity contribution < 1.29 is 13.9 Å². The fourth-order valence-electron chi connectivity index (χ4n) is 2.28. The minimum atomic E-state index is -0.630. The number of amides is 1. The lowest BCUT2D eigenvalue weighted by molar-refractivity contribution is 0.0970. The molecule has 0 bridgehead atoms. The molecule has 2 N–H and O–H groups in total. The van der Waals surface area contributed by atoms with Crippen LogP contribution in [0.15, 0.2) is 33.6 Å². The van der Waals surface area contributed by atoms with Crippen molar-refractivity contribution in [3.8, 4) is 5.75 Å². The Morgan fingerprint density at radius 2 is 2.09 bits per heavy atom. The normalized spacial score (nSPS) is 11.5. The molecule has 2 aromatic heterocycles. The number of ether oxygens (including phenoxy) is 1. The summed E-state index contributed by atoms with van der Waals surface area (Å²) in [6.07, 6.45) is 1.66. The predicted molar refractivity (Wildman–Crippen MR) is 82.3 cm³/mol. The third-order valence-electron chi connectivity index (χ3n) is 3.28. The molecule has 0 saturated heterocycles. The Morgan fingerprint density at radius 3 is 2.64 bits per heavy atom. The van der Waals surface area contributed by atoms with E-state index in [4.69, 9.17) is 14.9 Å². The number of aromatic nitrogens is 1. The van der Waals surface area contributed by atoms with Gasteiger partial charge >= 0.3 is 0 Å². The molecule has 0 aliphatic rings. The zero-order valence-corrected chi connectivity index (χ0v) is 13.2. The minimum Gasteiger partial charge on any atom is -0.491 e. The van der Waals surface area contributed by atoms with E-state index in [-0.39, 0.29) is 29.0 Å². The molecule has 0 atom stereocenters. The average molecular weight is 304 g/mol. The summed E-state index contributed by atoms with van der Waals surface area (Å²) in [5.74, 6) is 0.361. The second-order valence-corrected chi connectivity index (χ2v) is 6.09. The number of nitrogens with two attached hydrogens (primary N) is 1. The van der Waals surface area contributed by atoms with E-state index >= 15 is 0 Å². The summed E-state index contributed by atoms with van der Waals surface area (Å²) >= 11 is 0. The molecule has 22 heavy (non-hydrogen) atoms. The van der Waals surface area contributed by atoms with Crippen LogP contribution in [0.25, 0.3) is 0 Å². The second-order valence-electron chi connectivity index (χ2n) is 6.09. The van der Waals surface area contributed by atoms with E-state index in [1.807, 2.05) is 20.8 Å². The average Bonchev–Trinajstić information content (AvgIpc) is 2.85. The maximum atomic E-state index is 12.2. The van der Waals surface area contributed by atoms with Gasteiger partial charge in [0.1, 0.15) is 5.76 Å². The van der Waals surface area contributed by atoms with Crippen LogP contribution in [0.3, 0.4) is 0 Å². The highest BCUT2D eigenvalue weighted by Gasteiger charge is 2.25. The number of furan rings is 1. The highest BCUT2D eigenvalue weighted by atomic mass is 16.5. The van der Waals surface area contributed by atoms with Crippen LogP contribution in [-0.4, -0.2) is 17.6 Å². The smallest absolute Gasteiger partial charge is 0.293 e. The summed E-state index contributed by atoms with van der Waals surface area (Å²) in [6.45, 7) is 6.18. The monoisotopic (exact) mass is 304 g/mol. The van der Waals surface area contributed by atoms with E-state index in [1.54, 1.807) is 24.4 Å². The summed E-state index contributed by atoms with van der Waals surface area (Å²) in [5, 5.41) is 0. The van der Waals surface area contributed by atoms with Crippen molar-refractivity contribution in [2.75, 3.05) is 7.11 Å². The molecule has 0 radical (unpaired) electrons. The summed E-state index contributed by atoms with van der Waals surface area (Å²) in [7, 11) is 1.45. The summed E-state index contributed by atoms with van der Waals surface area (Å²) < 4.78 is 12.1. The molecule has 6 heteroatoms. The van der Waals surface area contributed by atoms with Crippen molar-refractivity contribution >= 4 is 5.91 Å². The third kappa shape index (κ3) is 3.05. The molecule has 2 heterocycles. The molecule has 2 rings (SSSR count). The van der Waals surface area contributed by atoms with Crippen molar-refractivity contribution in [1.29, 1.82) is 0 Å². The molecule has 0 fully saturated rings. The Morgan fingerprint density at radius 1 is 1.41 bits per heavy atom. The first-order valence-electron chi connectivity index (χ1n) is 6.90. The maximum Gasteiger partial charge on any atom is 0.293 e. The number of pyridine rings is 1. The van der Waals surface area contributed by atoms with Gasteiger partial charge in [-0.3, -0.25) is 9.59 Å². The van der Waals surface area contributed by atoms with E-state index in [9.17, 15) is 9.59 Å². The van der Waals surface area contributed by atoms with Gasteiger partial charge in [-0.2, -0.15) is 0 Å². The van der Waals surface area contributed by atoms with Crippen LogP contribution in [0.4, 0.5) is 0 Å². The first kappa shape index (κ1) is 15.9. The second kappa shape index (κ2) is 5.71. The summed E-state index contributed by atoms with van der Waals surface area (Å²) in [4.78, 5) is 23.6. The number of rotatable bonds is 4. The molecular formula is C16H20N2O4. The van der Waals surface area contributed by atoms with Crippen molar-refractivity contribution in [1.82, 2.24) is 4.57 Å². The third-order valence-corrected chi connectivity index (χ3v) is 3.28. The fraction of sp³-hybridized carbons (Fsp3) is 0.375. The standard InChI is InChI=1S/C16H20N2O4/c1-16(2,3)13-10(8-12(22-13)14(17)19)9-18-7-5-6-11(21-4)15(18)20/h5-8H,9H2,1-4H3,(H2,17,19). The van der Waals surface area contributed by atoms with Gasteiger partial charge in [0, 0.05) is 17.2 Å². The molecule has 6 nitrogen and oxygen atoms in total. The van der Waals surface area contributed by atoms with Gasteiger partial charge in [0.15, 0.2) is 11.5 Å². The quantitative estimate of drug-likeness (QED) is 0.934. The van der Waals surface area contributed by atoms with E-state index in [2.05, 4.69) is 0 Å². The Hall–Kier alpha value is -2.50. The Labute approximate surface area is 128 Å². The van der Waals surface area contributed by atoms with Gasteiger partial charge < -0.3 is 19.5 Å². The number of hydrogen-bond acceptors (Lipinski definition) is 4. The highest BCUT2D eigenvalue weighted by Crippen LogP contribution is 2.29. The lowest BCUT2D eigenvalue weighted by Gasteiger charge is -2.18. The molecule has 2 aromatic rings. The van der Waals surface area contributed by atoms with Crippen LogP contribution in [0.2, 0.25) is 0 Å². The highest BCUT2D eigenvalue weighted by molar-refractivity contribution is 5.90. The molecule has 0 aromatic carbocycles. The van der Waals surface area contributed by atoms with Crippen LogP contribution in [0.1, 0.15) is 42.6 Å². The lowest BCUT2D eigenvalue weighted by atomic mass is 9.90. The van der Waals surface area contributed by atoms with E-state index < -0.39 is 5.91 Å². The topological polar surface area (TPSA) is 87.5 Å². The summed E-state index contributed by atoms with van der Waals surface area (Å²) in [6, 6.07) is 4.93. The van der Waals surface area contributed by atoms with Gasteiger partial charge in [0.05, 0.1) is 13.7 Å². The predicted octanol–water partition coefficient (Wildman–Crippen LogP) is 1.89. The lowest BCUT2D eigenvalue weighted by Crippen LogP contribution is -2.22. The van der Waals surface area contributed by atoms with Gasteiger partial charge in [-0.15, -0.1) is 0 Å². The Bertz CT molecular complexity index is 750. The van der Waals surface area contributed by atoms with Gasteiger partial charge in [-0.05, 0) is 18.2 Å². The number of carbonyl (C=O) groups excluding carboxylic acids is 1. The first-order chi connectivity index (χ1) is 10.2. The minimum absolute atomic E-state index is 0.0934. The van der Waals surface area contributed by atoms with Crippen molar-refractivity contribution in [2.24, 2.45) is 5.73 Å². The molecule has 0 aliphatic carbocycles. The van der Waals surface area contributed by atoms with Gasteiger partial charge in [0.25, 0.3) is 11.5 Å². The van der Waals surface area contributed by atoms with Gasteiger partial charge in [0.2, 0.25) is 0 Å². The van der Waals surface area contributed by atoms with Crippen LogP contribution in [-0.2, 0) is 12.0 Å². The Balaban J connectivity index is 2.50. The zero-order chi connectivity index (χ0) is 16.5. The number of hydrogen-bond donors (Lipinski definition) is 1. The number of methoxy groups -OCH3 is 1. The SMILES string of the molecule is COc1cccn(Cc2cc(C(N)=O)oc2C(C)(C)C)c1=O. The van der Waals surface area contributed by atoms with E-state index in [1.165, 1.54) is 11.7 Å². The molecule has 1 amide bonds. The van der Waals surface area contributed by atoms with Crippen molar-refractivity contribution in [3.63, 3.8) is 0 Å². The van der Waals surface area contributed by atoms with E-state index in [0.717, 1.165) is 5.56 Å². The Kier molecular flexibility index (Phi) is 4.12. The number of primary amides is 1. The van der Waals surface area contributed by atoms with Crippen LogP contribution in [0, 0.1) is 0 Å². The number of nitrogens with zero attached hydrogens (tertiary/aromatic N) is 1. The molecule has 0 spiro atoms.